The predicted octanol–water partition coefficient (Wildman–Crippen LogP) is -0.316. The lowest BCUT2D eigenvalue weighted by molar-refractivity contribution is -0.197. The van der Waals surface area contributed by atoms with Gasteiger partial charge in [-0.2, -0.15) is 0 Å². The summed E-state index contributed by atoms with van der Waals surface area (Å²) in [5, 5.41) is 0. The molecule has 14 heavy (non-hydrogen) atoms. The van der Waals surface area contributed by atoms with Crippen LogP contribution in [-0.4, -0.2) is 50.5 Å². The molecule has 74 valence electrons. The summed E-state index contributed by atoms with van der Waals surface area (Å²) in [6.45, 7) is 1.18. The summed E-state index contributed by atoms with van der Waals surface area (Å²) in [7, 11) is 9.09. The topological polar surface area (TPSA) is 36.9 Å². The van der Waals surface area contributed by atoms with Crippen LogP contribution in [-0.2, 0) is 18.9 Å². The average molecular weight is 212 g/mol. The van der Waals surface area contributed by atoms with Crippen LogP contribution in [0.3, 0.4) is 0 Å². The Balaban J connectivity index is 1.88. The lowest BCUT2D eigenvalue weighted by Gasteiger charge is -2.45. The van der Waals surface area contributed by atoms with Gasteiger partial charge in [0.05, 0.1) is 13.2 Å². The zero-order chi connectivity index (χ0) is 9.76. The molecule has 0 aromatic rings. The molecule has 6 heteroatoms. The molecule has 4 nitrogen and oxygen atoms in total. The molecule has 2 unspecified atom stereocenters. The summed E-state index contributed by atoms with van der Waals surface area (Å²) in [6.07, 6.45) is 0.618. The SMILES string of the molecule is [B]C1OC2COC(=P)O[C@H]2[C@@]12CCO2. The van der Waals surface area contributed by atoms with Crippen molar-refractivity contribution in [2.24, 2.45) is 0 Å². The fourth-order valence-corrected chi connectivity index (χ4v) is 2.46. The molecule has 0 amide bonds. The van der Waals surface area contributed by atoms with Crippen LogP contribution in [0.4, 0.5) is 0 Å². The number of hydrogen-bond donors (Lipinski definition) is 0. The molecule has 3 saturated heterocycles. The maximum absolute atomic E-state index is 5.87. The lowest BCUT2D eigenvalue weighted by Crippen LogP contribution is -2.60. The van der Waals surface area contributed by atoms with Crippen LogP contribution in [0.2, 0.25) is 0 Å². The Morgan fingerprint density at radius 1 is 1.50 bits per heavy atom. The molecule has 1 spiro atoms. The van der Waals surface area contributed by atoms with Crippen molar-refractivity contribution >= 4 is 22.4 Å². The first kappa shape index (κ1) is 9.31. The van der Waals surface area contributed by atoms with E-state index in [4.69, 9.17) is 26.8 Å². The second kappa shape index (κ2) is 3.03. The van der Waals surface area contributed by atoms with E-state index < -0.39 is 11.6 Å². The summed E-state index contributed by atoms with van der Waals surface area (Å²) >= 11 is 0. The zero-order valence-corrected chi connectivity index (χ0v) is 8.56. The lowest BCUT2D eigenvalue weighted by atomic mass is 9.75. The van der Waals surface area contributed by atoms with E-state index >= 15 is 0 Å². The number of ether oxygens (including phenoxy) is 4. The minimum Gasteiger partial charge on any atom is -0.376 e. The molecule has 3 heterocycles. The van der Waals surface area contributed by atoms with Crippen molar-refractivity contribution in [3.63, 3.8) is 0 Å². The van der Waals surface area contributed by atoms with Crippen molar-refractivity contribution in [1.29, 1.82) is 0 Å². The van der Waals surface area contributed by atoms with Gasteiger partial charge in [-0.3, -0.25) is 0 Å². The van der Waals surface area contributed by atoms with E-state index in [2.05, 4.69) is 8.86 Å². The standard InChI is InChI=1S/C8H10BO4P/c9-6-8(1-2-11-8)5-4(12-6)3-10-7(14)13-5/h4-6,14H,1-3H2/t4?,5-,6?,8+/m1/s1. The highest BCUT2D eigenvalue weighted by molar-refractivity contribution is 7.19. The van der Waals surface area contributed by atoms with E-state index in [1.165, 1.54) is 0 Å². The summed E-state index contributed by atoms with van der Waals surface area (Å²) in [5.74, 6) is 0. The van der Waals surface area contributed by atoms with Crippen molar-refractivity contribution in [2.75, 3.05) is 13.2 Å². The Morgan fingerprint density at radius 3 is 2.93 bits per heavy atom. The van der Waals surface area contributed by atoms with E-state index in [1.807, 2.05) is 0 Å². The van der Waals surface area contributed by atoms with Crippen LogP contribution >= 0.6 is 8.86 Å². The van der Waals surface area contributed by atoms with Crippen LogP contribution in [0.5, 0.6) is 0 Å². The zero-order valence-electron chi connectivity index (χ0n) is 7.56. The van der Waals surface area contributed by atoms with Gasteiger partial charge >= 0.3 is 0 Å². The van der Waals surface area contributed by atoms with E-state index in [0.717, 1.165) is 13.0 Å². The number of fused-ring (bicyclic) bond motifs is 2. The molecular weight excluding hydrogens is 202 g/mol. The molecule has 0 aromatic carbocycles. The van der Waals surface area contributed by atoms with Crippen LogP contribution in [0.25, 0.3) is 0 Å². The summed E-state index contributed by atoms with van der Waals surface area (Å²) < 4.78 is 21.8. The average Bonchev–Trinajstić information content (AvgIpc) is 2.35. The van der Waals surface area contributed by atoms with Gasteiger partial charge in [0.2, 0.25) is 5.67 Å². The molecule has 0 N–H and O–H groups in total. The van der Waals surface area contributed by atoms with Gasteiger partial charge in [-0.1, -0.05) is 8.86 Å². The first-order chi connectivity index (χ1) is 6.72. The molecule has 0 saturated carbocycles. The highest BCUT2D eigenvalue weighted by atomic mass is 31.0. The summed E-state index contributed by atoms with van der Waals surface area (Å²) in [5.41, 5.74) is -0.0642. The van der Waals surface area contributed by atoms with E-state index in [-0.39, 0.29) is 12.2 Å². The first-order valence-corrected chi connectivity index (χ1v) is 5.15. The van der Waals surface area contributed by atoms with Gasteiger partial charge in [-0.05, 0) is 0 Å². The largest absolute Gasteiger partial charge is 0.376 e. The molecule has 3 rings (SSSR count). The van der Waals surface area contributed by atoms with Gasteiger partial charge in [-0.25, -0.2) is 0 Å². The second-order valence-electron chi connectivity index (χ2n) is 3.79. The Morgan fingerprint density at radius 2 is 2.29 bits per heavy atom. The Hall–Kier alpha value is 0.0749. The van der Waals surface area contributed by atoms with Crippen LogP contribution in [0, 0.1) is 0 Å². The fourth-order valence-electron chi connectivity index (χ4n) is 2.25. The molecule has 0 aromatic heterocycles. The monoisotopic (exact) mass is 212 g/mol. The highest BCUT2D eigenvalue weighted by Crippen LogP contribution is 2.44. The smallest absolute Gasteiger partial charge is 0.203 e. The van der Waals surface area contributed by atoms with E-state index in [0.29, 0.717) is 12.3 Å². The van der Waals surface area contributed by atoms with Crippen LogP contribution < -0.4 is 0 Å². The quantitative estimate of drug-likeness (QED) is 0.407. The molecular formula is C8H10BO4P. The van der Waals surface area contributed by atoms with Gasteiger partial charge in [0.1, 0.15) is 25.7 Å². The van der Waals surface area contributed by atoms with E-state index in [9.17, 15) is 0 Å². The number of hydrogen-bond acceptors (Lipinski definition) is 4. The van der Waals surface area contributed by atoms with Gasteiger partial charge in [0.15, 0.2) is 0 Å². The van der Waals surface area contributed by atoms with Gasteiger partial charge < -0.3 is 18.9 Å². The third kappa shape index (κ3) is 1.08. The molecule has 0 bridgehead atoms. The van der Waals surface area contributed by atoms with Gasteiger partial charge in [0.25, 0.3) is 0 Å². The van der Waals surface area contributed by atoms with Crippen molar-refractivity contribution in [1.82, 2.24) is 0 Å². The minimum absolute atomic E-state index is 0.120. The molecule has 0 aliphatic carbocycles. The van der Waals surface area contributed by atoms with Crippen molar-refractivity contribution in [2.45, 2.75) is 30.2 Å². The molecule has 2 radical (unpaired) electrons. The predicted molar refractivity (Wildman–Crippen MR) is 51.9 cm³/mol. The third-order valence-electron chi connectivity index (χ3n) is 3.10. The molecule has 3 aliphatic heterocycles. The summed E-state index contributed by atoms with van der Waals surface area (Å²) in [4.78, 5) is 0. The molecule has 3 aliphatic rings. The Labute approximate surface area is 85.5 Å². The maximum Gasteiger partial charge on any atom is 0.203 e. The van der Waals surface area contributed by atoms with Crippen LogP contribution in [0.1, 0.15) is 6.42 Å². The minimum atomic E-state index is -0.452. The van der Waals surface area contributed by atoms with Gasteiger partial charge in [-0.15, -0.1) is 0 Å². The van der Waals surface area contributed by atoms with Crippen molar-refractivity contribution < 1.29 is 18.9 Å². The van der Waals surface area contributed by atoms with E-state index in [1.54, 1.807) is 0 Å². The molecule has 3 fully saturated rings. The Bertz CT molecular complexity index is 281. The van der Waals surface area contributed by atoms with Crippen molar-refractivity contribution in [3.8, 4) is 0 Å². The highest BCUT2D eigenvalue weighted by Gasteiger charge is 2.61. The second-order valence-corrected chi connectivity index (χ2v) is 4.19. The third-order valence-corrected chi connectivity index (χ3v) is 3.36. The maximum atomic E-state index is 5.87. The van der Waals surface area contributed by atoms with Crippen molar-refractivity contribution in [3.05, 3.63) is 0 Å². The van der Waals surface area contributed by atoms with Crippen LogP contribution in [0.15, 0.2) is 0 Å². The normalized spacial score (nSPS) is 51.7. The Kier molecular flexibility index (Phi) is 2.02. The molecule has 4 atom stereocenters. The fraction of sp³-hybridized carbons (Fsp3) is 0.875. The van der Waals surface area contributed by atoms with Gasteiger partial charge in [0, 0.05) is 12.4 Å². The number of rotatable bonds is 0. The first-order valence-electron chi connectivity index (χ1n) is 4.65. The summed E-state index contributed by atoms with van der Waals surface area (Å²) in [6, 6.07) is -0.410.